The Morgan fingerprint density at radius 2 is 1.91 bits per heavy atom. The highest BCUT2D eigenvalue weighted by molar-refractivity contribution is 6.30. The fraction of sp³-hybridized carbons (Fsp3) is 0.167. The smallest absolute Gasteiger partial charge is 0.298 e. The first-order valence-corrected chi connectivity index (χ1v) is 10.4. The van der Waals surface area contributed by atoms with Crippen LogP contribution in [0.2, 0.25) is 5.02 Å². The van der Waals surface area contributed by atoms with E-state index in [2.05, 4.69) is 15.1 Å². The van der Waals surface area contributed by atoms with E-state index in [1.165, 1.54) is 6.33 Å². The Kier molecular flexibility index (Phi) is 5.92. The topological polar surface area (TPSA) is 95.9 Å². The maximum atomic E-state index is 11.6. The largest absolute Gasteiger partial charge is 0.430 e. The number of hydrogen-bond acceptors (Lipinski definition) is 6. The van der Waals surface area contributed by atoms with Crippen molar-refractivity contribution >= 4 is 40.5 Å². The van der Waals surface area contributed by atoms with E-state index in [4.69, 9.17) is 22.1 Å². The van der Waals surface area contributed by atoms with Crippen molar-refractivity contribution in [1.82, 2.24) is 19.7 Å². The summed E-state index contributed by atoms with van der Waals surface area (Å²) in [4.78, 5) is 20.1. The van der Waals surface area contributed by atoms with Crippen molar-refractivity contribution in [3.8, 4) is 0 Å². The predicted molar refractivity (Wildman–Crippen MR) is 125 cm³/mol. The molecule has 0 amide bonds. The molecule has 0 aliphatic heterocycles. The number of carbonyl (C=O) groups is 1. The lowest BCUT2D eigenvalue weighted by Crippen LogP contribution is -2.15. The van der Waals surface area contributed by atoms with E-state index in [9.17, 15) is 4.79 Å². The first-order chi connectivity index (χ1) is 15.4. The second-order valence-electron chi connectivity index (χ2n) is 7.44. The number of aromatic nitrogens is 4. The van der Waals surface area contributed by atoms with E-state index < -0.39 is 6.04 Å². The number of halogens is 1. The molecule has 2 heterocycles. The SMILES string of the molecule is Cc1cc(Cl)ccc1/C(=C(\OC=O)C(C)n1nc(C)c2c(N)ncnc21)c1ccccc1. The average molecular weight is 448 g/mol. The predicted octanol–water partition coefficient (Wildman–Crippen LogP) is 4.87. The number of fused-ring (bicyclic) bond motifs is 1. The molecule has 32 heavy (non-hydrogen) atoms. The molecular formula is C24H22ClN5O2. The summed E-state index contributed by atoms with van der Waals surface area (Å²) in [6.45, 7) is 6.14. The van der Waals surface area contributed by atoms with E-state index in [1.807, 2.05) is 69.3 Å². The molecule has 0 radical (unpaired) electrons. The van der Waals surface area contributed by atoms with Gasteiger partial charge in [-0.25, -0.2) is 14.6 Å². The molecule has 2 aromatic heterocycles. The van der Waals surface area contributed by atoms with Gasteiger partial charge in [-0.2, -0.15) is 5.10 Å². The lowest BCUT2D eigenvalue weighted by atomic mass is 9.91. The van der Waals surface area contributed by atoms with Gasteiger partial charge in [-0.1, -0.05) is 48.0 Å². The third-order valence-corrected chi connectivity index (χ3v) is 5.62. The second kappa shape index (κ2) is 8.80. The molecule has 0 bridgehead atoms. The molecule has 162 valence electrons. The molecule has 0 aliphatic carbocycles. The van der Waals surface area contributed by atoms with Crippen LogP contribution in [0.3, 0.4) is 0 Å². The van der Waals surface area contributed by atoms with Gasteiger partial charge in [0.2, 0.25) is 0 Å². The fourth-order valence-corrected chi connectivity index (χ4v) is 4.14. The van der Waals surface area contributed by atoms with Gasteiger partial charge in [0.05, 0.1) is 11.1 Å². The summed E-state index contributed by atoms with van der Waals surface area (Å²) < 4.78 is 7.34. The van der Waals surface area contributed by atoms with Gasteiger partial charge in [0, 0.05) is 10.6 Å². The van der Waals surface area contributed by atoms with Gasteiger partial charge in [0.25, 0.3) is 6.47 Å². The minimum absolute atomic E-state index is 0.351. The molecule has 7 nitrogen and oxygen atoms in total. The zero-order valence-electron chi connectivity index (χ0n) is 17.9. The molecule has 1 atom stereocenters. The molecule has 0 aliphatic rings. The fourth-order valence-electron chi connectivity index (χ4n) is 3.91. The van der Waals surface area contributed by atoms with Crippen LogP contribution in [-0.2, 0) is 9.53 Å². The van der Waals surface area contributed by atoms with Crippen LogP contribution < -0.4 is 5.73 Å². The molecular weight excluding hydrogens is 426 g/mol. The van der Waals surface area contributed by atoms with Gasteiger partial charge < -0.3 is 10.5 Å². The standard InChI is InChI=1S/C24H22ClN5O2/c1-14-11-18(25)9-10-19(14)21(17-7-5-4-6-8-17)22(32-13-31)16(3)30-24-20(15(2)29-30)23(26)27-12-28-24/h4-13,16H,1-3H3,(H2,26,27,28)/b22-21-. The van der Waals surface area contributed by atoms with Gasteiger partial charge in [-0.3, -0.25) is 4.79 Å². The number of carbonyl (C=O) groups excluding carboxylic acids is 1. The van der Waals surface area contributed by atoms with Crippen molar-refractivity contribution in [1.29, 1.82) is 0 Å². The van der Waals surface area contributed by atoms with Gasteiger partial charge in [0.15, 0.2) is 5.65 Å². The number of nitrogen functional groups attached to an aromatic ring is 1. The van der Waals surface area contributed by atoms with Crippen molar-refractivity contribution in [2.45, 2.75) is 26.8 Å². The van der Waals surface area contributed by atoms with Gasteiger partial charge in [0.1, 0.15) is 23.9 Å². The van der Waals surface area contributed by atoms with E-state index in [-0.39, 0.29) is 0 Å². The summed E-state index contributed by atoms with van der Waals surface area (Å²) in [6, 6.07) is 14.9. The van der Waals surface area contributed by atoms with Crippen LogP contribution in [0.5, 0.6) is 0 Å². The number of nitrogens with zero attached hydrogens (tertiary/aromatic N) is 4. The summed E-state index contributed by atoms with van der Waals surface area (Å²) in [6.07, 6.45) is 1.40. The molecule has 2 aromatic carbocycles. The highest BCUT2D eigenvalue weighted by atomic mass is 35.5. The first kappa shape index (κ1) is 21.5. The van der Waals surface area contributed by atoms with Crippen molar-refractivity contribution in [3.05, 3.63) is 88.0 Å². The van der Waals surface area contributed by atoms with Crippen molar-refractivity contribution < 1.29 is 9.53 Å². The van der Waals surface area contributed by atoms with Crippen LogP contribution in [-0.4, -0.2) is 26.2 Å². The third-order valence-electron chi connectivity index (χ3n) is 5.38. The summed E-state index contributed by atoms with van der Waals surface area (Å²) in [5, 5.41) is 5.95. The molecule has 4 aromatic rings. The van der Waals surface area contributed by atoms with Crippen LogP contribution >= 0.6 is 11.6 Å². The first-order valence-electron chi connectivity index (χ1n) is 10.0. The van der Waals surface area contributed by atoms with Crippen LogP contribution in [0.4, 0.5) is 5.82 Å². The van der Waals surface area contributed by atoms with Crippen molar-refractivity contribution in [2.75, 3.05) is 5.73 Å². The van der Waals surface area contributed by atoms with Gasteiger partial charge in [-0.15, -0.1) is 0 Å². The van der Waals surface area contributed by atoms with Crippen LogP contribution in [0, 0.1) is 13.8 Å². The quantitative estimate of drug-likeness (QED) is 0.334. The zero-order chi connectivity index (χ0) is 22.8. The average Bonchev–Trinajstić information content (AvgIpc) is 3.12. The molecule has 8 heteroatoms. The Morgan fingerprint density at radius 3 is 2.59 bits per heavy atom. The van der Waals surface area contributed by atoms with Gasteiger partial charge in [-0.05, 0) is 49.6 Å². The molecule has 0 saturated heterocycles. The summed E-state index contributed by atoms with van der Waals surface area (Å²) >= 11 is 6.21. The number of ether oxygens (including phenoxy) is 1. The molecule has 0 spiro atoms. The normalized spacial score (nSPS) is 13.0. The Balaban J connectivity index is 2.02. The number of aryl methyl sites for hydroxylation is 2. The van der Waals surface area contributed by atoms with Crippen molar-refractivity contribution in [3.63, 3.8) is 0 Å². The molecule has 1 unspecified atom stereocenters. The molecule has 4 rings (SSSR count). The summed E-state index contributed by atoms with van der Waals surface area (Å²) in [7, 11) is 0. The van der Waals surface area contributed by atoms with Crippen molar-refractivity contribution in [2.24, 2.45) is 0 Å². The number of anilines is 1. The Hall–Kier alpha value is -3.71. The minimum Gasteiger partial charge on any atom is -0.430 e. The van der Waals surface area contributed by atoms with Crippen LogP contribution in [0.15, 0.2) is 60.6 Å². The van der Waals surface area contributed by atoms with E-state index >= 15 is 0 Å². The number of benzene rings is 2. The highest BCUT2D eigenvalue weighted by Gasteiger charge is 2.25. The summed E-state index contributed by atoms with van der Waals surface area (Å²) in [5.74, 6) is 0.780. The Morgan fingerprint density at radius 1 is 1.16 bits per heavy atom. The third kappa shape index (κ3) is 3.83. The molecule has 0 fully saturated rings. The summed E-state index contributed by atoms with van der Waals surface area (Å²) in [5.41, 5.74) is 10.8. The maximum absolute atomic E-state index is 11.6. The molecule has 0 saturated carbocycles. The molecule has 2 N–H and O–H groups in total. The lowest BCUT2D eigenvalue weighted by Gasteiger charge is -2.21. The van der Waals surface area contributed by atoms with E-state index in [1.54, 1.807) is 4.68 Å². The maximum Gasteiger partial charge on any atom is 0.298 e. The monoisotopic (exact) mass is 447 g/mol. The number of nitrogens with two attached hydrogens (primary N) is 1. The number of rotatable bonds is 6. The zero-order valence-corrected chi connectivity index (χ0v) is 18.7. The number of allylic oxidation sites excluding steroid dienone is 1. The van der Waals surface area contributed by atoms with E-state index in [0.29, 0.717) is 39.8 Å². The number of hydrogen-bond donors (Lipinski definition) is 1. The highest BCUT2D eigenvalue weighted by Crippen LogP contribution is 2.36. The van der Waals surface area contributed by atoms with Crippen LogP contribution in [0.1, 0.15) is 35.3 Å². The lowest BCUT2D eigenvalue weighted by molar-refractivity contribution is -0.125. The van der Waals surface area contributed by atoms with Gasteiger partial charge >= 0.3 is 0 Å². The Labute approximate surface area is 190 Å². The Bertz CT molecular complexity index is 1330. The van der Waals surface area contributed by atoms with Crippen LogP contribution in [0.25, 0.3) is 16.6 Å². The minimum atomic E-state index is -0.476. The second-order valence-corrected chi connectivity index (χ2v) is 7.88. The van der Waals surface area contributed by atoms with E-state index in [0.717, 1.165) is 22.3 Å².